The SMILES string of the molecule is CC(=O)Nc1ccc(S(=O)(=O)N(Cc2ccc3c(c2)OCO3)C2CC(=O)N(c3ccc(S(N)(=O)=O)cc3)C2=O)cc1. The average molecular weight is 601 g/mol. The summed E-state index contributed by atoms with van der Waals surface area (Å²) < 4.78 is 62.8. The zero-order valence-electron chi connectivity index (χ0n) is 21.5. The lowest BCUT2D eigenvalue weighted by atomic mass is 10.1. The fourth-order valence-electron chi connectivity index (χ4n) is 4.53. The number of hydrogen-bond acceptors (Lipinski definition) is 9. The summed E-state index contributed by atoms with van der Waals surface area (Å²) in [6.07, 6.45) is -0.455. The average Bonchev–Trinajstić information content (AvgIpc) is 3.49. The lowest BCUT2D eigenvalue weighted by Gasteiger charge is -2.27. The largest absolute Gasteiger partial charge is 0.454 e. The fourth-order valence-corrected chi connectivity index (χ4v) is 6.61. The highest BCUT2D eigenvalue weighted by Crippen LogP contribution is 2.35. The smallest absolute Gasteiger partial charge is 0.252 e. The van der Waals surface area contributed by atoms with Gasteiger partial charge in [0.25, 0.3) is 5.91 Å². The van der Waals surface area contributed by atoms with Crippen LogP contribution in [0.3, 0.4) is 0 Å². The molecule has 3 amide bonds. The Morgan fingerprint density at radius 3 is 2.22 bits per heavy atom. The third-order valence-corrected chi connectivity index (χ3v) is 9.25. The van der Waals surface area contributed by atoms with Crippen LogP contribution in [0.5, 0.6) is 11.5 Å². The van der Waals surface area contributed by atoms with E-state index in [4.69, 9.17) is 14.6 Å². The number of anilines is 2. The van der Waals surface area contributed by atoms with E-state index < -0.39 is 44.3 Å². The Bertz CT molecular complexity index is 1760. The number of sulfonamides is 2. The minimum absolute atomic E-state index is 0.0102. The van der Waals surface area contributed by atoms with Crippen molar-refractivity contribution in [3.63, 3.8) is 0 Å². The van der Waals surface area contributed by atoms with Crippen LogP contribution in [0.25, 0.3) is 0 Å². The summed E-state index contributed by atoms with van der Waals surface area (Å²) in [6, 6.07) is 13.6. The number of carbonyl (C=O) groups is 3. The second-order valence-corrected chi connectivity index (χ2v) is 12.7. The third-order valence-electron chi connectivity index (χ3n) is 6.45. The van der Waals surface area contributed by atoms with Gasteiger partial charge in [-0.2, -0.15) is 4.31 Å². The maximum Gasteiger partial charge on any atom is 0.252 e. The Morgan fingerprint density at radius 1 is 0.951 bits per heavy atom. The first-order chi connectivity index (χ1) is 19.3. The molecule has 1 saturated heterocycles. The molecule has 0 aliphatic carbocycles. The number of imide groups is 1. The molecule has 1 unspecified atom stereocenters. The van der Waals surface area contributed by atoms with Crippen molar-refractivity contribution in [2.45, 2.75) is 35.7 Å². The molecule has 1 fully saturated rings. The predicted molar refractivity (Wildman–Crippen MR) is 145 cm³/mol. The Balaban J connectivity index is 1.51. The van der Waals surface area contributed by atoms with Crippen molar-refractivity contribution in [2.24, 2.45) is 5.14 Å². The van der Waals surface area contributed by atoms with E-state index >= 15 is 0 Å². The van der Waals surface area contributed by atoms with Gasteiger partial charge in [0.1, 0.15) is 6.04 Å². The first kappa shape index (κ1) is 28.2. The predicted octanol–water partition coefficient (Wildman–Crippen LogP) is 1.54. The van der Waals surface area contributed by atoms with Crippen LogP contribution >= 0.6 is 0 Å². The minimum Gasteiger partial charge on any atom is -0.454 e. The van der Waals surface area contributed by atoms with Crippen molar-refractivity contribution in [2.75, 3.05) is 17.0 Å². The summed E-state index contributed by atoms with van der Waals surface area (Å²) >= 11 is 0. The molecule has 0 saturated carbocycles. The van der Waals surface area contributed by atoms with Crippen molar-refractivity contribution in [1.82, 2.24) is 4.31 Å². The Labute approximate surface area is 235 Å². The lowest BCUT2D eigenvalue weighted by molar-refractivity contribution is -0.122. The standard InChI is InChI=1S/C26H24N4O9S2/c1-16(31)28-18-3-7-21(8-4-18)41(36,37)29(14-17-2-11-23-24(12-17)39-15-38-23)22-13-25(32)30(26(22)33)19-5-9-20(10-6-19)40(27,34)35/h2-12,22H,13-15H2,1H3,(H,28,31)(H2,27,34,35). The van der Waals surface area contributed by atoms with Gasteiger partial charge in [0, 0.05) is 19.2 Å². The molecule has 3 aromatic rings. The summed E-state index contributed by atoms with van der Waals surface area (Å²) in [4.78, 5) is 38.5. The number of nitrogens with zero attached hydrogens (tertiary/aromatic N) is 2. The van der Waals surface area contributed by atoms with Gasteiger partial charge in [0.15, 0.2) is 11.5 Å². The van der Waals surface area contributed by atoms with Crippen molar-refractivity contribution >= 4 is 49.1 Å². The molecule has 0 radical (unpaired) electrons. The highest BCUT2D eigenvalue weighted by molar-refractivity contribution is 7.89. The molecule has 3 aromatic carbocycles. The van der Waals surface area contributed by atoms with Gasteiger partial charge in [0.05, 0.1) is 21.9 Å². The number of nitrogens with one attached hydrogen (secondary N) is 1. The minimum atomic E-state index is -4.38. The maximum absolute atomic E-state index is 14.0. The zero-order chi connectivity index (χ0) is 29.5. The number of ether oxygens (including phenoxy) is 2. The Morgan fingerprint density at radius 2 is 1.59 bits per heavy atom. The molecule has 0 bridgehead atoms. The molecular formula is C26H24N4O9S2. The highest BCUT2D eigenvalue weighted by Gasteiger charge is 2.47. The van der Waals surface area contributed by atoms with Crippen LogP contribution in [-0.4, -0.2) is 51.7 Å². The number of fused-ring (bicyclic) bond motifs is 1. The van der Waals surface area contributed by atoms with Crippen molar-refractivity contribution in [3.05, 3.63) is 72.3 Å². The molecule has 5 rings (SSSR count). The van der Waals surface area contributed by atoms with E-state index in [0.29, 0.717) is 22.7 Å². The summed E-state index contributed by atoms with van der Waals surface area (Å²) in [5.74, 6) is -0.923. The zero-order valence-corrected chi connectivity index (χ0v) is 23.1. The number of amides is 3. The van der Waals surface area contributed by atoms with E-state index in [2.05, 4.69) is 5.32 Å². The number of nitrogens with two attached hydrogens (primary N) is 1. The van der Waals surface area contributed by atoms with Gasteiger partial charge in [-0.15, -0.1) is 0 Å². The number of benzene rings is 3. The summed E-state index contributed by atoms with van der Waals surface area (Å²) in [6.45, 7) is 1.04. The van der Waals surface area contributed by atoms with E-state index in [1.165, 1.54) is 43.3 Å². The number of hydrogen-bond donors (Lipinski definition) is 2. The highest BCUT2D eigenvalue weighted by atomic mass is 32.2. The van der Waals surface area contributed by atoms with E-state index in [-0.39, 0.29) is 34.7 Å². The quantitative estimate of drug-likeness (QED) is 0.362. The Hall–Kier alpha value is -4.31. The maximum atomic E-state index is 14.0. The molecule has 214 valence electrons. The van der Waals surface area contributed by atoms with Gasteiger partial charge in [-0.1, -0.05) is 6.07 Å². The van der Waals surface area contributed by atoms with Crippen LogP contribution in [0.1, 0.15) is 18.9 Å². The van der Waals surface area contributed by atoms with E-state index in [9.17, 15) is 31.2 Å². The van der Waals surface area contributed by atoms with Crippen LogP contribution in [0, 0.1) is 0 Å². The van der Waals surface area contributed by atoms with Crippen molar-refractivity contribution in [3.8, 4) is 11.5 Å². The van der Waals surface area contributed by atoms with Crippen molar-refractivity contribution in [1.29, 1.82) is 0 Å². The molecule has 41 heavy (non-hydrogen) atoms. The van der Waals surface area contributed by atoms with Gasteiger partial charge in [-0.05, 0) is 66.2 Å². The number of rotatable bonds is 8. The van der Waals surface area contributed by atoms with Gasteiger partial charge in [-0.25, -0.2) is 26.9 Å². The third kappa shape index (κ3) is 5.65. The topological polar surface area (TPSA) is 182 Å². The number of primary sulfonamides is 1. The van der Waals surface area contributed by atoms with Crippen LogP contribution in [0.4, 0.5) is 11.4 Å². The number of carbonyl (C=O) groups excluding carboxylic acids is 3. The normalized spacial score (nSPS) is 16.9. The molecule has 2 aliphatic rings. The first-order valence-electron chi connectivity index (χ1n) is 12.1. The molecule has 1 atom stereocenters. The monoisotopic (exact) mass is 600 g/mol. The van der Waals surface area contributed by atoms with Gasteiger partial charge >= 0.3 is 0 Å². The van der Waals surface area contributed by atoms with Crippen LogP contribution in [0.2, 0.25) is 0 Å². The van der Waals surface area contributed by atoms with Gasteiger partial charge in [-0.3, -0.25) is 14.4 Å². The molecule has 3 N–H and O–H groups in total. The van der Waals surface area contributed by atoms with Crippen LogP contribution in [0.15, 0.2) is 76.5 Å². The van der Waals surface area contributed by atoms with E-state index in [0.717, 1.165) is 21.3 Å². The second kappa shape index (κ2) is 10.6. The Kier molecular flexibility index (Phi) is 7.29. The van der Waals surface area contributed by atoms with E-state index in [1.54, 1.807) is 18.2 Å². The molecule has 13 nitrogen and oxygen atoms in total. The molecular weight excluding hydrogens is 576 g/mol. The summed E-state index contributed by atoms with van der Waals surface area (Å²) in [5.41, 5.74) is 0.916. The van der Waals surface area contributed by atoms with Crippen LogP contribution < -0.4 is 24.8 Å². The lowest BCUT2D eigenvalue weighted by Crippen LogP contribution is -2.45. The fraction of sp³-hybridized carbons (Fsp3) is 0.192. The second-order valence-electron chi connectivity index (χ2n) is 9.27. The van der Waals surface area contributed by atoms with Gasteiger partial charge in [0.2, 0.25) is 38.7 Å². The molecule has 15 heteroatoms. The van der Waals surface area contributed by atoms with E-state index in [1.807, 2.05) is 0 Å². The van der Waals surface area contributed by atoms with Gasteiger partial charge < -0.3 is 14.8 Å². The summed E-state index contributed by atoms with van der Waals surface area (Å²) in [7, 11) is -8.39. The molecule has 0 aromatic heterocycles. The molecule has 2 aliphatic heterocycles. The molecule has 0 spiro atoms. The first-order valence-corrected chi connectivity index (χ1v) is 15.1. The summed E-state index contributed by atoms with van der Waals surface area (Å²) in [5, 5.41) is 7.69. The molecule has 2 heterocycles. The van der Waals surface area contributed by atoms with Crippen LogP contribution in [-0.2, 0) is 41.0 Å². The van der Waals surface area contributed by atoms with Crippen molar-refractivity contribution < 1.29 is 40.7 Å².